The lowest BCUT2D eigenvalue weighted by Gasteiger charge is -2.44. The van der Waals surface area contributed by atoms with Crippen molar-refractivity contribution in [3.8, 4) is 0 Å². The first-order valence-electron chi connectivity index (χ1n) is 9.92. The van der Waals surface area contributed by atoms with Crippen molar-refractivity contribution in [1.82, 2.24) is 10.2 Å². The lowest BCUT2D eigenvalue weighted by molar-refractivity contribution is -0.133. The summed E-state index contributed by atoms with van der Waals surface area (Å²) in [5, 5.41) is 13.5. The van der Waals surface area contributed by atoms with Crippen molar-refractivity contribution >= 4 is 5.91 Å². The van der Waals surface area contributed by atoms with E-state index >= 15 is 0 Å². The Morgan fingerprint density at radius 1 is 1.00 bits per heavy atom. The number of nitrogens with zero attached hydrogens (tertiary/aromatic N) is 1. The van der Waals surface area contributed by atoms with Gasteiger partial charge in [-0.25, -0.2) is 0 Å². The lowest BCUT2D eigenvalue weighted by Crippen LogP contribution is -2.57. The van der Waals surface area contributed by atoms with E-state index in [-0.39, 0.29) is 17.4 Å². The van der Waals surface area contributed by atoms with Crippen LogP contribution in [0.3, 0.4) is 0 Å². The molecule has 0 radical (unpaired) electrons. The average Bonchev–Trinajstić information content (AvgIpc) is 3.11. The van der Waals surface area contributed by atoms with Crippen LogP contribution >= 0.6 is 0 Å². The smallest absolute Gasteiger partial charge is 0.249 e. The molecule has 0 aromatic heterocycles. The summed E-state index contributed by atoms with van der Waals surface area (Å²) in [5.41, 5.74) is 0.169. The van der Waals surface area contributed by atoms with E-state index in [4.69, 9.17) is 0 Å². The van der Waals surface area contributed by atoms with Gasteiger partial charge in [0, 0.05) is 12.1 Å². The summed E-state index contributed by atoms with van der Waals surface area (Å²) < 4.78 is 0. The van der Waals surface area contributed by atoms with Gasteiger partial charge in [-0.05, 0) is 57.5 Å². The molecule has 132 valence electrons. The predicted molar refractivity (Wildman–Crippen MR) is 92.2 cm³/mol. The van der Waals surface area contributed by atoms with Crippen LogP contribution in [0, 0.1) is 5.92 Å². The molecule has 0 aromatic carbocycles. The minimum Gasteiger partial charge on any atom is -0.383 e. The van der Waals surface area contributed by atoms with Gasteiger partial charge in [0.15, 0.2) is 0 Å². The van der Waals surface area contributed by atoms with Crippen LogP contribution in [0.4, 0.5) is 0 Å². The second-order valence-corrected chi connectivity index (χ2v) is 8.04. The summed E-state index contributed by atoms with van der Waals surface area (Å²) in [6.07, 6.45) is 13.7. The first kappa shape index (κ1) is 17.2. The summed E-state index contributed by atoms with van der Waals surface area (Å²) in [6, 6.07) is 0. The first-order valence-corrected chi connectivity index (χ1v) is 9.92. The van der Waals surface area contributed by atoms with Gasteiger partial charge in [-0.2, -0.15) is 0 Å². The third kappa shape index (κ3) is 4.08. The molecule has 0 bridgehead atoms. The topological polar surface area (TPSA) is 52.6 Å². The van der Waals surface area contributed by atoms with Gasteiger partial charge in [0.05, 0.1) is 0 Å². The number of amides is 1. The molecular formula is C19H34N2O2. The quantitative estimate of drug-likeness (QED) is 0.818. The molecule has 0 unspecified atom stereocenters. The summed E-state index contributed by atoms with van der Waals surface area (Å²) in [5.74, 6) is 0.0541. The molecule has 1 saturated heterocycles. The fourth-order valence-corrected chi connectivity index (χ4v) is 5.03. The molecule has 3 rings (SSSR count). The number of carbonyl (C=O) groups excluding carboxylic acids is 1. The Morgan fingerprint density at radius 3 is 2.26 bits per heavy atom. The normalized spacial score (nSPS) is 27.7. The minimum absolute atomic E-state index is 0.125. The maximum atomic E-state index is 12.4. The molecule has 1 atom stereocenters. The van der Waals surface area contributed by atoms with Crippen molar-refractivity contribution < 1.29 is 9.90 Å². The standard InChI is InChI=1S/C19H34N2O2/c22-17(16-9-3-1-4-10-16)18(23)20-15-19(11-5-6-12-19)21-13-7-2-8-14-21/h16-17,22H,1-15H2,(H,20,23)/t17-/m1/s1. The molecule has 1 heterocycles. The second kappa shape index (κ2) is 7.98. The zero-order valence-corrected chi connectivity index (χ0v) is 14.6. The predicted octanol–water partition coefficient (Wildman–Crippen LogP) is 2.84. The number of nitrogens with one attached hydrogen (secondary N) is 1. The Hall–Kier alpha value is -0.610. The Bertz CT molecular complexity index is 381. The highest BCUT2D eigenvalue weighted by atomic mass is 16.3. The van der Waals surface area contributed by atoms with E-state index < -0.39 is 6.10 Å². The van der Waals surface area contributed by atoms with Gasteiger partial charge in [-0.15, -0.1) is 0 Å². The van der Waals surface area contributed by atoms with Crippen LogP contribution in [0.15, 0.2) is 0 Å². The Morgan fingerprint density at radius 2 is 1.61 bits per heavy atom. The fraction of sp³-hybridized carbons (Fsp3) is 0.947. The number of carbonyl (C=O) groups is 1. The van der Waals surface area contributed by atoms with Crippen molar-refractivity contribution in [2.75, 3.05) is 19.6 Å². The van der Waals surface area contributed by atoms with Gasteiger partial charge in [0.25, 0.3) is 0 Å². The molecule has 3 aliphatic rings. The minimum atomic E-state index is -0.796. The summed E-state index contributed by atoms with van der Waals surface area (Å²) in [7, 11) is 0. The highest BCUT2D eigenvalue weighted by Gasteiger charge is 2.40. The van der Waals surface area contributed by atoms with E-state index in [0.717, 1.165) is 32.2 Å². The number of rotatable bonds is 5. The number of hydrogen-bond acceptors (Lipinski definition) is 3. The highest BCUT2D eigenvalue weighted by Crippen LogP contribution is 2.36. The van der Waals surface area contributed by atoms with Crippen LogP contribution in [0.5, 0.6) is 0 Å². The van der Waals surface area contributed by atoms with Crippen LogP contribution in [0.1, 0.15) is 77.0 Å². The molecule has 2 saturated carbocycles. The van der Waals surface area contributed by atoms with Crippen molar-refractivity contribution in [3.05, 3.63) is 0 Å². The monoisotopic (exact) mass is 322 g/mol. The molecule has 1 amide bonds. The third-order valence-corrected chi connectivity index (χ3v) is 6.52. The van der Waals surface area contributed by atoms with Crippen LogP contribution in [-0.2, 0) is 4.79 Å². The second-order valence-electron chi connectivity index (χ2n) is 8.04. The third-order valence-electron chi connectivity index (χ3n) is 6.52. The number of likely N-dealkylation sites (tertiary alicyclic amines) is 1. The SMILES string of the molecule is O=C(NCC1(N2CCCCC2)CCCC1)[C@H](O)C1CCCCC1. The van der Waals surface area contributed by atoms with Gasteiger partial charge < -0.3 is 10.4 Å². The highest BCUT2D eigenvalue weighted by molar-refractivity contribution is 5.80. The van der Waals surface area contributed by atoms with E-state index in [2.05, 4.69) is 10.2 Å². The zero-order chi connectivity index (χ0) is 16.1. The van der Waals surface area contributed by atoms with E-state index in [1.165, 1.54) is 64.5 Å². The van der Waals surface area contributed by atoms with E-state index in [1.54, 1.807) is 0 Å². The number of aliphatic hydroxyl groups is 1. The average molecular weight is 322 g/mol. The summed E-state index contributed by atoms with van der Waals surface area (Å²) >= 11 is 0. The van der Waals surface area contributed by atoms with Crippen LogP contribution in [-0.4, -0.2) is 47.2 Å². The maximum Gasteiger partial charge on any atom is 0.249 e. The number of hydrogen-bond donors (Lipinski definition) is 2. The number of aliphatic hydroxyl groups excluding tert-OH is 1. The summed E-state index contributed by atoms with van der Waals surface area (Å²) in [6.45, 7) is 3.09. The molecule has 1 aliphatic heterocycles. The molecule has 4 heteroatoms. The van der Waals surface area contributed by atoms with Crippen LogP contribution < -0.4 is 5.32 Å². The molecule has 2 aliphatic carbocycles. The molecule has 4 nitrogen and oxygen atoms in total. The van der Waals surface area contributed by atoms with Crippen molar-refractivity contribution in [1.29, 1.82) is 0 Å². The molecule has 2 N–H and O–H groups in total. The first-order chi connectivity index (χ1) is 11.2. The fourth-order valence-electron chi connectivity index (χ4n) is 5.03. The molecular weight excluding hydrogens is 288 g/mol. The lowest BCUT2D eigenvalue weighted by atomic mass is 9.85. The molecule has 23 heavy (non-hydrogen) atoms. The van der Waals surface area contributed by atoms with Gasteiger partial charge >= 0.3 is 0 Å². The zero-order valence-electron chi connectivity index (χ0n) is 14.6. The van der Waals surface area contributed by atoms with Crippen molar-refractivity contribution in [2.24, 2.45) is 5.92 Å². The Balaban J connectivity index is 1.54. The van der Waals surface area contributed by atoms with Gasteiger partial charge in [0.1, 0.15) is 6.10 Å². The molecule has 3 fully saturated rings. The van der Waals surface area contributed by atoms with E-state index in [0.29, 0.717) is 0 Å². The molecule has 0 spiro atoms. The van der Waals surface area contributed by atoms with E-state index in [9.17, 15) is 9.90 Å². The van der Waals surface area contributed by atoms with Crippen molar-refractivity contribution in [2.45, 2.75) is 88.7 Å². The van der Waals surface area contributed by atoms with Crippen LogP contribution in [0.25, 0.3) is 0 Å². The Labute approximate surface area is 141 Å². The van der Waals surface area contributed by atoms with Gasteiger partial charge in [-0.1, -0.05) is 38.5 Å². The van der Waals surface area contributed by atoms with Crippen LogP contribution in [0.2, 0.25) is 0 Å². The Kier molecular flexibility index (Phi) is 5.97. The van der Waals surface area contributed by atoms with Gasteiger partial charge in [-0.3, -0.25) is 9.69 Å². The molecule has 0 aromatic rings. The largest absolute Gasteiger partial charge is 0.383 e. The maximum absolute atomic E-state index is 12.4. The van der Waals surface area contributed by atoms with Gasteiger partial charge in [0.2, 0.25) is 5.91 Å². The van der Waals surface area contributed by atoms with Crippen molar-refractivity contribution in [3.63, 3.8) is 0 Å². The summed E-state index contributed by atoms with van der Waals surface area (Å²) in [4.78, 5) is 15.1. The van der Waals surface area contributed by atoms with E-state index in [1.807, 2.05) is 0 Å². The number of piperidine rings is 1.